The average molecular weight is 327 g/mol. The highest BCUT2D eigenvalue weighted by Gasteiger charge is 2.31. The van der Waals surface area contributed by atoms with E-state index in [1.807, 2.05) is 0 Å². The molecular formula is C19H38N2O2. The molecule has 0 aromatic rings. The molecule has 0 radical (unpaired) electrons. The monoisotopic (exact) mass is 326 g/mol. The maximum absolute atomic E-state index is 9.44. The molecule has 2 saturated carbocycles. The first-order chi connectivity index (χ1) is 11.2. The number of hydrogen-bond acceptors (Lipinski definition) is 4. The third-order valence-electron chi connectivity index (χ3n) is 6.58. The van der Waals surface area contributed by atoms with Crippen molar-refractivity contribution >= 4 is 0 Å². The van der Waals surface area contributed by atoms with Gasteiger partial charge in [-0.2, -0.15) is 0 Å². The first-order valence-electron chi connectivity index (χ1n) is 9.93. The predicted molar refractivity (Wildman–Crippen MR) is 94.9 cm³/mol. The molecule has 2 rings (SSSR count). The molecule has 0 saturated heterocycles. The topological polar surface area (TPSA) is 78.5 Å². The van der Waals surface area contributed by atoms with Crippen LogP contribution in [0, 0.1) is 23.7 Å². The van der Waals surface area contributed by atoms with E-state index in [1.165, 1.54) is 57.8 Å². The highest BCUT2D eigenvalue weighted by atomic mass is 16.3. The molecule has 0 aromatic carbocycles. The summed E-state index contributed by atoms with van der Waals surface area (Å²) in [7, 11) is 0. The van der Waals surface area contributed by atoms with Crippen molar-refractivity contribution < 1.29 is 10.2 Å². The van der Waals surface area contributed by atoms with Gasteiger partial charge in [0.05, 0.1) is 12.6 Å². The molecule has 3 atom stereocenters. The van der Waals surface area contributed by atoms with Crippen molar-refractivity contribution in [1.29, 1.82) is 0 Å². The summed E-state index contributed by atoms with van der Waals surface area (Å²) in [6.07, 6.45) is 13.0. The second-order valence-corrected chi connectivity index (χ2v) is 7.93. The van der Waals surface area contributed by atoms with Crippen LogP contribution in [0.5, 0.6) is 0 Å². The lowest BCUT2D eigenvalue weighted by molar-refractivity contribution is 0.0848. The van der Waals surface area contributed by atoms with Gasteiger partial charge in [-0.25, -0.2) is 0 Å². The van der Waals surface area contributed by atoms with E-state index in [0.29, 0.717) is 5.92 Å². The van der Waals surface area contributed by atoms with Crippen molar-refractivity contribution in [3.05, 3.63) is 0 Å². The van der Waals surface area contributed by atoms with Crippen LogP contribution < -0.4 is 11.1 Å². The van der Waals surface area contributed by atoms with Crippen LogP contribution in [0.3, 0.4) is 0 Å². The fraction of sp³-hybridized carbons (Fsp3) is 1.00. The maximum Gasteiger partial charge on any atom is 0.120 e. The van der Waals surface area contributed by atoms with Crippen LogP contribution in [-0.2, 0) is 0 Å². The number of rotatable bonds is 8. The van der Waals surface area contributed by atoms with Gasteiger partial charge in [-0.15, -0.1) is 0 Å². The molecular weight excluding hydrogens is 288 g/mol. The van der Waals surface area contributed by atoms with Crippen LogP contribution in [0.4, 0.5) is 0 Å². The Hall–Kier alpha value is -0.160. The van der Waals surface area contributed by atoms with E-state index in [1.54, 1.807) is 0 Å². The molecule has 2 fully saturated rings. The Morgan fingerprint density at radius 1 is 1.00 bits per heavy atom. The van der Waals surface area contributed by atoms with E-state index in [-0.39, 0.29) is 6.61 Å². The van der Waals surface area contributed by atoms with E-state index in [9.17, 15) is 10.2 Å². The van der Waals surface area contributed by atoms with E-state index in [4.69, 9.17) is 5.73 Å². The number of aliphatic hydroxyl groups is 2. The molecule has 136 valence electrons. The van der Waals surface area contributed by atoms with Crippen molar-refractivity contribution in [3.63, 3.8) is 0 Å². The van der Waals surface area contributed by atoms with Gasteiger partial charge in [0.2, 0.25) is 0 Å². The average Bonchev–Trinajstić information content (AvgIpc) is 2.59. The quantitative estimate of drug-likeness (QED) is 0.517. The smallest absolute Gasteiger partial charge is 0.120 e. The number of nitrogens with one attached hydrogen (secondary N) is 1. The molecule has 0 aromatic heterocycles. The standard InChI is InChI=1S/C19H38N2O2/c1-2-14(12-21-18(13-22)19(20)23)16-8-10-17(11-9-16)15-6-4-3-5-7-15/h14-19,21-23H,2-13,20H2,1H3/t14?,16?,17?,18-,19?/m1/s1. The van der Waals surface area contributed by atoms with Gasteiger partial charge >= 0.3 is 0 Å². The molecule has 0 amide bonds. The second kappa shape index (κ2) is 9.97. The third-order valence-corrected chi connectivity index (χ3v) is 6.58. The van der Waals surface area contributed by atoms with Crippen LogP contribution in [0.2, 0.25) is 0 Å². The van der Waals surface area contributed by atoms with Crippen molar-refractivity contribution in [2.45, 2.75) is 83.4 Å². The van der Waals surface area contributed by atoms with Crippen LogP contribution in [0.1, 0.15) is 71.1 Å². The minimum Gasteiger partial charge on any atom is -0.395 e. The minimum atomic E-state index is -0.987. The zero-order valence-corrected chi connectivity index (χ0v) is 14.9. The Balaban J connectivity index is 1.75. The van der Waals surface area contributed by atoms with Crippen LogP contribution >= 0.6 is 0 Å². The summed E-state index contributed by atoms with van der Waals surface area (Å²) in [5, 5.41) is 22.0. The Morgan fingerprint density at radius 3 is 2.13 bits per heavy atom. The molecule has 2 aliphatic carbocycles. The lowest BCUT2D eigenvalue weighted by Crippen LogP contribution is -2.49. The summed E-state index contributed by atoms with van der Waals surface area (Å²) in [6.45, 7) is 3.00. The van der Waals surface area contributed by atoms with Crippen LogP contribution in [-0.4, -0.2) is 35.6 Å². The summed E-state index contributed by atoms with van der Waals surface area (Å²) in [4.78, 5) is 0. The second-order valence-electron chi connectivity index (χ2n) is 7.93. The van der Waals surface area contributed by atoms with E-state index < -0.39 is 12.3 Å². The van der Waals surface area contributed by atoms with Crippen LogP contribution in [0.15, 0.2) is 0 Å². The molecule has 2 unspecified atom stereocenters. The van der Waals surface area contributed by atoms with Crippen molar-refractivity contribution in [1.82, 2.24) is 5.32 Å². The molecule has 0 bridgehead atoms. The summed E-state index contributed by atoms with van der Waals surface area (Å²) in [5.74, 6) is 3.42. The van der Waals surface area contributed by atoms with Gasteiger partial charge in [-0.1, -0.05) is 45.4 Å². The largest absolute Gasteiger partial charge is 0.395 e. The fourth-order valence-corrected chi connectivity index (χ4v) is 4.93. The molecule has 5 N–H and O–H groups in total. The van der Waals surface area contributed by atoms with Gasteiger partial charge in [-0.3, -0.25) is 0 Å². The summed E-state index contributed by atoms with van der Waals surface area (Å²) in [5.41, 5.74) is 5.49. The van der Waals surface area contributed by atoms with Gasteiger partial charge < -0.3 is 21.3 Å². The zero-order valence-electron chi connectivity index (χ0n) is 14.9. The SMILES string of the molecule is CCC(CN[C@H](CO)C(N)O)C1CCC(C2CCCCC2)CC1. The van der Waals surface area contributed by atoms with Gasteiger partial charge in [0.25, 0.3) is 0 Å². The van der Waals surface area contributed by atoms with Crippen LogP contribution in [0.25, 0.3) is 0 Å². The van der Waals surface area contributed by atoms with Crippen molar-refractivity contribution in [2.24, 2.45) is 29.4 Å². The normalized spacial score (nSPS) is 30.8. The first kappa shape index (κ1) is 19.2. The Kier molecular flexibility index (Phi) is 8.31. The third kappa shape index (κ3) is 5.70. The van der Waals surface area contributed by atoms with E-state index in [0.717, 1.165) is 30.7 Å². The summed E-state index contributed by atoms with van der Waals surface area (Å²) < 4.78 is 0. The fourth-order valence-electron chi connectivity index (χ4n) is 4.93. The van der Waals surface area contributed by atoms with Gasteiger partial charge in [0, 0.05) is 0 Å². The number of aliphatic hydroxyl groups excluding tert-OH is 2. The van der Waals surface area contributed by atoms with Gasteiger partial charge in [-0.05, 0) is 55.9 Å². The minimum absolute atomic E-state index is 0.109. The molecule has 4 nitrogen and oxygen atoms in total. The molecule has 0 heterocycles. The zero-order chi connectivity index (χ0) is 16.7. The molecule has 0 spiro atoms. The Morgan fingerprint density at radius 2 is 1.61 bits per heavy atom. The molecule has 2 aliphatic rings. The van der Waals surface area contributed by atoms with E-state index in [2.05, 4.69) is 12.2 Å². The maximum atomic E-state index is 9.44. The lowest BCUT2D eigenvalue weighted by Gasteiger charge is -2.38. The van der Waals surface area contributed by atoms with Crippen molar-refractivity contribution in [3.8, 4) is 0 Å². The number of nitrogens with two attached hydrogens (primary N) is 1. The van der Waals surface area contributed by atoms with Gasteiger partial charge in [0.1, 0.15) is 6.23 Å². The predicted octanol–water partition coefficient (Wildman–Crippen LogP) is 2.63. The molecule has 23 heavy (non-hydrogen) atoms. The molecule has 4 heteroatoms. The Bertz CT molecular complexity index is 310. The van der Waals surface area contributed by atoms with E-state index >= 15 is 0 Å². The highest BCUT2D eigenvalue weighted by molar-refractivity contribution is 4.84. The van der Waals surface area contributed by atoms with Crippen molar-refractivity contribution in [2.75, 3.05) is 13.2 Å². The Labute approximate surface area is 142 Å². The summed E-state index contributed by atoms with van der Waals surface area (Å²) >= 11 is 0. The lowest BCUT2D eigenvalue weighted by atomic mass is 9.68. The number of hydrogen-bond donors (Lipinski definition) is 4. The van der Waals surface area contributed by atoms with Gasteiger partial charge in [0.15, 0.2) is 0 Å². The highest BCUT2D eigenvalue weighted by Crippen LogP contribution is 2.42. The summed E-state index contributed by atoms with van der Waals surface area (Å²) in [6, 6.07) is -0.400. The molecule has 0 aliphatic heterocycles. The first-order valence-corrected chi connectivity index (χ1v) is 9.93.